The summed E-state index contributed by atoms with van der Waals surface area (Å²) in [4.78, 5) is 43.0. The third-order valence-corrected chi connectivity index (χ3v) is 4.51. The maximum Gasteiger partial charge on any atom is 0.326 e. The van der Waals surface area contributed by atoms with E-state index in [2.05, 4.69) is 20.6 Å². The maximum atomic E-state index is 12.7. The summed E-state index contributed by atoms with van der Waals surface area (Å²) < 4.78 is 0. The molecule has 0 saturated carbocycles. The molecule has 132 valence electrons. The molecular weight excluding hydrogens is 334 g/mol. The molecule has 1 aliphatic heterocycles. The van der Waals surface area contributed by atoms with Gasteiger partial charge in [0.25, 0.3) is 5.91 Å². The van der Waals surface area contributed by atoms with E-state index in [9.17, 15) is 14.4 Å². The second kappa shape index (κ2) is 6.07. The third kappa shape index (κ3) is 2.61. The number of imidazole rings is 1. The van der Waals surface area contributed by atoms with Crippen molar-refractivity contribution < 1.29 is 9.59 Å². The number of carbonyl (C=O) groups is 2. The SMILES string of the molecule is CNC(=O)c1cccc2c1CCN2C(=O)Nc1ccc2[nH]c(=O)[nH]c2c1. The van der Waals surface area contributed by atoms with Crippen LogP contribution in [0, 0.1) is 0 Å². The van der Waals surface area contributed by atoms with Crippen molar-refractivity contribution in [1.29, 1.82) is 0 Å². The van der Waals surface area contributed by atoms with Crippen molar-refractivity contribution in [3.05, 3.63) is 58.0 Å². The molecular formula is C18H17N5O3. The van der Waals surface area contributed by atoms with Crippen LogP contribution in [-0.2, 0) is 6.42 Å². The number of fused-ring (bicyclic) bond motifs is 2. The summed E-state index contributed by atoms with van der Waals surface area (Å²) in [5.74, 6) is -0.161. The Balaban J connectivity index is 1.60. The standard InChI is InChI=1S/C18H17N5O3/c1-19-16(24)12-3-2-4-15-11(12)7-8-23(15)18(26)20-10-5-6-13-14(9-10)22-17(25)21-13/h2-6,9H,7-8H2,1H3,(H,19,24)(H,20,26)(H2,21,22,25). The van der Waals surface area contributed by atoms with Crippen molar-refractivity contribution in [1.82, 2.24) is 15.3 Å². The third-order valence-electron chi connectivity index (χ3n) is 4.51. The van der Waals surface area contributed by atoms with Gasteiger partial charge in [-0.3, -0.25) is 9.69 Å². The number of aromatic amines is 2. The van der Waals surface area contributed by atoms with Crippen molar-refractivity contribution in [2.75, 3.05) is 23.8 Å². The Morgan fingerprint density at radius 3 is 2.73 bits per heavy atom. The van der Waals surface area contributed by atoms with Crippen molar-refractivity contribution >= 4 is 34.3 Å². The van der Waals surface area contributed by atoms with Gasteiger partial charge < -0.3 is 20.6 Å². The second-order valence-corrected chi connectivity index (χ2v) is 6.05. The molecule has 26 heavy (non-hydrogen) atoms. The van der Waals surface area contributed by atoms with Crippen LogP contribution in [0.25, 0.3) is 11.0 Å². The van der Waals surface area contributed by atoms with Gasteiger partial charge in [-0.25, -0.2) is 9.59 Å². The van der Waals surface area contributed by atoms with Crippen LogP contribution in [0.2, 0.25) is 0 Å². The Morgan fingerprint density at radius 2 is 1.92 bits per heavy atom. The van der Waals surface area contributed by atoms with Gasteiger partial charge in [0.05, 0.1) is 11.0 Å². The van der Waals surface area contributed by atoms with E-state index in [4.69, 9.17) is 0 Å². The molecule has 0 radical (unpaired) electrons. The zero-order chi connectivity index (χ0) is 18.3. The number of carbonyl (C=O) groups excluding carboxylic acids is 2. The summed E-state index contributed by atoms with van der Waals surface area (Å²) in [6.45, 7) is 0.498. The fraction of sp³-hybridized carbons (Fsp3) is 0.167. The predicted octanol–water partition coefficient (Wildman–Crippen LogP) is 1.81. The minimum absolute atomic E-state index is 0.161. The molecule has 0 saturated heterocycles. The molecule has 3 aromatic rings. The molecule has 0 spiro atoms. The number of nitrogens with one attached hydrogen (secondary N) is 4. The number of anilines is 2. The average molecular weight is 351 g/mol. The van der Waals surface area contributed by atoms with E-state index >= 15 is 0 Å². The highest BCUT2D eigenvalue weighted by atomic mass is 16.2. The van der Waals surface area contributed by atoms with Crippen LogP contribution < -0.4 is 21.2 Å². The number of hydrogen-bond donors (Lipinski definition) is 4. The van der Waals surface area contributed by atoms with Gasteiger partial charge in [-0.15, -0.1) is 0 Å². The minimum atomic E-state index is -0.293. The molecule has 0 fully saturated rings. The van der Waals surface area contributed by atoms with E-state index in [1.165, 1.54) is 0 Å². The highest BCUT2D eigenvalue weighted by molar-refractivity contribution is 6.06. The average Bonchev–Trinajstić information content (AvgIpc) is 3.22. The lowest BCUT2D eigenvalue weighted by molar-refractivity contribution is 0.0962. The topological polar surface area (TPSA) is 110 Å². The summed E-state index contributed by atoms with van der Waals surface area (Å²) >= 11 is 0. The first-order valence-electron chi connectivity index (χ1n) is 8.21. The van der Waals surface area contributed by atoms with Crippen molar-refractivity contribution in [3.63, 3.8) is 0 Å². The lowest BCUT2D eigenvalue weighted by atomic mass is 10.0. The second-order valence-electron chi connectivity index (χ2n) is 6.05. The number of amides is 3. The van der Waals surface area contributed by atoms with E-state index in [-0.39, 0.29) is 17.6 Å². The summed E-state index contributed by atoms with van der Waals surface area (Å²) in [6.07, 6.45) is 0.622. The lowest BCUT2D eigenvalue weighted by Gasteiger charge is -2.18. The molecule has 1 aliphatic rings. The lowest BCUT2D eigenvalue weighted by Crippen LogP contribution is -2.33. The van der Waals surface area contributed by atoms with E-state index in [1.54, 1.807) is 42.3 Å². The summed E-state index contributed by atoms with van der Waals surface area (Å²) in [5.41, 5.74) is 3.78. The van der Waals surface area contributed by atoms with Gasteiger partial charge in [0.1, 0.15) is 0 Å². The van der Waals surface area contributed by atoms with Crippen molar-refractivity contribution in [2.45, 2.75) is 6.42 Å². The molecule has 4 rings (SSSR count). The van der Waals surface area contributed by atoms with Gasteiger partial charge in [0, 0.05) is 30.5 Å². The van der Waals surface area contributed by atoms with Gasteiger partial charge in [-0.05, 0) is 42.3 Å². The van der Waals surface area contributed by atoms with E-state index in [0.717, 1.165) is 11.3 Å². The predicted molar refractivity (Wildman–Crippen MR) is 98.8 cm³/mol. The number of rotatable bonds is 2. The molecule has 3 amide bonds. The number of urea groups is 1. The van der Waals surface area contributed by atoms with E-state index in [1.807, 2.05) is 6.07 Å². The molecule has 0 aliphatic carbocycles. The Morgan fingerprint density at radius 1 is 1.12 bits per heavy atom. The van der Waals surface area contributed by atoms with Crippen molar-refractivity contribution in [2.24, 2.45) is 0 Å². The molecule has 0 bridgehead atoms. The molecule has 8 nitrogen and oxygen atoms in total. The highest BCUT2D eigenvalue weighted by Crippen LogP contribution is 2.31. The Labute approximate surface area is 148 Å². The first-order chi connectivity index (χ1) is 12.6. The van der Waals surface area contributed by atoms with Gasteiger partial charge in [-0.2, -0.15) is 0 Å². The number of nitrogens with zero attached hydrogens (tertiary/aromatic N) is 1. The molecule has 2 aromatic carbocycles. The first-order valence-corrected chi connectivity index (χ1v) is 8.21. The normalized spacial score (nSPS) is 12.9. The maximum absolute atomic E-state index is 12.7. The Bertz CT molecular complexity index is 1080. The first kappa shape index (κ1) is 15.9. The molecule has 8 heteroatoms. The number of benzene rings is 2. The van der Waals surface area contributed by atoms with E-state index < -0.39 is 0 Å². The van der Waals surface area contributed by atoms with Gasteiger partial charge >= 0.3 is 11.7 Å². The van der Waals surface area contributed by atoms with Crippen LogP contribution in [0.5, 0.6) is 0 Å². The van der Waals surface area contributed by atoms with Crippen LogP contribution in [0.1, 0.15) is 15.9 Å². The number of H-pyrrole nitrogens is 2. The summed E-state index contributed by atoms with van der Waals surface area (Å²) in [5, 5.41) is 5.46. The largest absolute Gasteiger partial charge is 0.355 e. The quantitative estimate of drug-likeness (QED) is 0.565. The van der Waals surface area contributed by atoms with Crippen LogP contribution >= 0.6 is 0 Å². The molecule has 2 heterocycles. The fourth-order valence-corrected chi connectivity index (χ4v) is 3.29. The minimum Gasteiger partial charge on any atom is -0.355 e. The summed E-state index contributed by atoms with van der Waals surface area (Å²) in [6, 6.07) is 10.2. The van der Waals surface area contributed by atoms with Gasteiger partial charge in [0.2, 0.25) is 0 Å². The number of aromatic nitrogens is 2. The molecule has 1 aromatic heterocycles. The Kier molecular flexibility index (Phi) is 3.72. The van der Waals surface area contributed by atoms with Crippen LogP contribution in [0.4, 0.5) is 16.2 Å². The van der Waals surface area contributed by atoms with Gasteiger partial charge in [-0.1, -0.05) is 6.07 Å². The zero-order valence-corrected chi connectivity index (χ0v) is 14.1. The smallest absolute Gasteiger partial charge is 0.326 e. The molecule has 4 N–H and O–H groups in total. The fourth-order valence-electron chi connectivity index (χ4n) is 3.29. The number of hydrogen-bond acceptors (Lipinski definition) is 3. The molecule has 0 atom stereocenters. The van der Waals surface area contributed by atoms with Crippen LogP contribution in [-0.4, -0.2) is 35.5 Å². The summed E-state index contributed by atoms with van der Waals surface area (Å²) in [7, 11) is 1.59. The van der Waals surface area contributed by atoms with E-state index in [0.29, 0.717) is 35.2 Å². The van der Waals surface area contributed by atoms with Crippen molar-refractivity contribution in [3.8, 4) is 0 Å². The zero-order valence-electron chi connectivity index (χ0n) is 14.1. The Hall–Kier alpha value is -3.55. The van der Waals surface area contributed by atoms with Crippen LogP contribution in [0.3, 0.4) is 0 Å². The van der Waals surface area contributed by atoms with Gasteiger partial charge in [0.15, 0.2) is 0 Å². The monoisotopic (exact) mass is 351 g/mol. The molecule has 0 unspecified atom stereocenters. The van der Waals surface area contributed by atoms with Crippen LogP contribution in [0.15, 0.2) is 41.2 Å². The highest BCUT2D eigenvalue weighted by Gasteiger charge is 2.28.